The number of piperidine rings is 1. The number of nitrogens with one attached hydrogen (secondary N) is 1. The Morgan fingerprint density at radius 2 is 2.00 bits per heavy atom. The lowest BCUT2D eigenvalue weighted by atomic mass is 9.55. The molecular formula is C24H26FN5O4. The SMILES string of the molecule is NC(=O)c1cc(CC(NC(=O)O)C2CC3(CCN(c4ccc5cc(F)ccc5n4)CC3)C2)on1. The summed E-state index contributed by atoms with van der Waals surface area (Å²) in [4.78, 5) is 29.6. The van der Waals surface area contributed by atoms with E-state index in [0.29, 0.717) is 12.2 Å². The highest BCUT2D eigenvalue weighted by Crippen LogP contribution is 2.54. The second-order valence-electron chi connectivity index (χ2n) is 9.46. The van der Waals surface area contributed by atoms with Crippen LogP contribution in [0.3, 0.4) is 0 Å². The van der Waals surface area contributed by atoms with Gasteiger partial charge in [-0.25, -0.2) is 14.2 Å². The molecule has 1 spiro atoms. The lowest BCUT2D eigenvalue weighted by molar-refractivity contribution is 0.00623. The fraction of sp³-hybridized carbons (Fsp3) is 0.417. The summed E-state index contributed by atoms with van der Waals surface area (Å²) in [5.41, 5.74) is 6.23. The van der Waals surface area contributed by atoms with Gasteiger partial charge in [-0.3, -0.25) is 4.79 Å². The molecule has 1 saturated carbocycles. The number of rotatable bonds is 6. The van der Waals surface area contributed by atoms with Crippen molar-refractivity contribution in [3.05, 3.63) is 53.7 Å². The van der Waals surface area contributed by atoms with Crippen molar-refractivity contribution < 1.29 is 23.6 Å². The molecular weight excluding hydrogens is 441 g/mol. The largest absolute Gasteiger partial charge is 0.465 e. The number of nitrogens with two attached hydrogens (primary N) is 1. The quantitative estimate of drug-likeness (QED) is 0.506. The van der Waals surface area contributed by atoms with Crippen molar-refractivity contribution in [3.63, 3.8) is 0 Å². The number of pyridine rings is 1. The number of aromatic nitrogens is 2. The Balaban J connectivity index is 1.20. The van der Waals surface area contributed by atoms with Crippen LogP contribution in [0, 0.1) is 17.2 Å². The van der Waals surface area contributed by atoms with E-state index in [4.69, 9.17) is 15.2 Å². The van der Waals surface area contributed by atoms with Gasteiger partial charge in [0.25, 0.3) is 5.91 Å². The summed E-state index contributed by atoms with van der Waals surface area (Å²) < 4.78 is 18.6. The van der Waals surface area contributed by atoms with Crippen molar-refractivity contribution in [2.24, 2.45) is 17.1 Å². The van der Waals surface area contributed by atoms with Gasteiger partial charge in [0.2, 0.25) is 0 Å². The van der Waals surface area contributed by atoms with Crippen LogP contribution in [-0.4, -0.2) is 46.4 Å². The minimum atomic E-state index is -1.09. The van der Waals surface area contributed by atoms with Crippen LogP contribution in [0.25, 0.3) is 10.9 Å². The summed E-state index contributed by atoms with van der Waals surface area (Å²) in [5.74, 6) is 0.559. The Kier molecular flexibility index (Phi) is 5.59. The number of primary amides is 1. The number of hydrogen-bond acceptors (Lipinski definition) is 6. The van der Waals surface area contributed by atoms with Crippen LogP contribution in [0.5, 0.6) is 0 Å². The van der Waals surface area contributed by atoms with Gasteiger partial charge in [-0.2, -0.15) is 0 Å². The fourth-order valence-corrected chi connectivity index (χ4v) is 5.45. The average molecular weight is 468 g/mol. The summed E-state index contributed by atoms with van der Waals surface area (Å²) in [6, 6.07) is 9.60. The Bertz CT molecular complexity index is 1230. The van der Waals surface area contributed by atoms with Crippen LogP contribution < -0.4 is 16.0 Å². The van der Waals surface area contributed by atoms with Gasteiger partial charge in [0.1, 0.15) is 17.4 Å². The second-order valence-corrected chi connectivity index (χ2v) is 9.46. The molecule has 178 valence electrons. The van der Waals surface area contributed by atoms with Crippen molar-refractivity contribution in [2.45, 2.75) is 38.1 Å². The number of nitrogens with zero attached hydrogens (tertiary/aromatic N) is 3. The van der Waals surface area contributed by atoms with Crippen LogP contribution >= 0.6 is 0 Å². The Morgan fingerprint density at radius 3 is 2.68 bits per heavy atom. The van der Waals surface area contributed by atoms with Gasteiger partial charge >= 0.3 is 6.09 Å². The molecule has 2 fully saturated rings. The van der Waals surface area contributed by atoms with Gasteiger partial charge in [0.05, 0.1) is 5.52 Å². The number of carbonyl (C=O) groups is 2. The van der Waals surface area contributed by atoms with Crippen molar-refractivity contribution in [1.82, 2.24) is 15.5 Å². The van der Waals surface area contributed by atoms with E-state index in [0.717, 1.165) is 55.5 Å². The Hall–Kier alpha value is -3.69. The lowest BCUT2D eigenvalue weighted by Crippen LogP contribution is -2.54. The molecule has 4 N–H and O–H groups in total. The molecule has 1 aromatic carbocycles. The molecule has 2 aromatic heterocycles. The van der Waals surface area contributed by atoms with Crippen LogP contribution in [-0.2, 0) is 6.42 Å². The van der Waals surface area contributed by atoms with Crippen molar-refractivity contribution in [2.75, 3.05) is 18.0 Å². The summed E-state index contributed by atoms with van der Waals surface area (Å²) >= 11 is 0. The van der Waals surface area contributed by atoms with Crippen molar-refractivity contribution in [3.8, 4) is 0 Å². The summed E-state index contributed by atoms with van der Waals surface area (Å²) in [6.07, 6.45) is 3.08. The first-order valence-corrected chi connectivity index (χ1v) is 11.4. The Morgan fingerprint density at radius 1 is 1.24 bits per heavy atom. The molecule has 10 heteroatoms. The van der Waals surface area contributed by atoms with Gasteiger partial charge < -0.3 is 25.6 Å². The smallest absolute Gasteiger partial charge is 0.404 e. The molecule has 9 nitrogen and oxygen atoms in total. The standard InChI is InChI=1S/C24H26FN5O4/c25-16-2-3-18-14(9-16)1-4-21(27-18)30-7-5-24(6-8-30)12-15(13-24)19(28-23(32)33)10-17-11-20(22(26)31)29-34-17/h1-4,9,11,15,19,28H,5-8,10,12-13H2,(H2,26,31)(H,32,33). The lowest BCUT2D eigenvalue weighted by Gasteiger charge is -2.54. The fourth-order valence-electron chi connectivity index (χ4n) is 5.45. The third-order valence-electron chi connectivity index (χ3n) is 7.29. The molecule has 2 amide bonds. The van der Waals surface area contributed by atoms with Crippen LogP contribution in [0.15, 0.2) is 40.9 Å². The molecule has 1 aliphatic carbocycles. The number of carboxylic acid groups (broad SMARTS) is 1. The van der Waals surface area contributed by atoms with Crippen LogP contribution in [0.2, 0.25) is 0 Å². The molecule has 1 unspecified atom stereocenters. The molecule has 0 bridgehead atoms. The zero-order chi connectivity index (χ0) is 23.9. The summed E-state index contributed by atoms with van der Waals surface area (Å²) in [7, 11) is 0. The number of halogens is 1. The van der Waals surface area contributed by atoms with Crippen LogP contribution in [0.1, 0.15) is 41.9 Å². The maximum Gasteiger partial charge on any atom is 0.404 e. The van der Waals surface area contributed by atoms with Gasteiger partial charge in [0, 0.05) is 37.0 Å². The van der Waals surface area contributed by atoms with E-state index in [1.54, 1.807) is 6.07 Å². The monoisotopic (exact) mass is 467 g/mol. The molecule has 3 aromatic rings. The number of amides is 2. The van der Waals surface area contributed by atoms with E-state index in [9.17, 15) is 19.1 Å². The third-order valence-corrected chi connectivity index (χ3v) is 7.29. The molecule has 2 aliphatic rings. The molecule has 0 radical (unpaired) electrons. The van der Waals surface area contributed by atoms with E-state index in [1.165, 1.54) is 18.2 Å². The zero-order valence-corrected chi connectivity index (χ0v) is 18.5. The topological polar surface area (TPSA) is 135 Å². The number of benzene rings is 1. The number of anilines is 1. The second kappa shape index (κ2) is 8.58. The predicted octanol–water partition coefficient (Wildman–Crippen LogP) is 3.34. The number of hydrogen-bond donors (Lipinski definition) is 3. The zero-order valence-electron chi connectivity index (χ0n) is 18.5. The number of carbonyl (C=O) groups excluding carboxylic acids is 1. The van der Waals surface area contributed by atoms with E-state index in [-0.39, 0.29) is 28.9 Å². The van der Waals surface area contributed by atoms with Gasteiger partial charge in [-0.05, 0) is 67.3 Å². The molecule has 34 heavy (non-hydrogen) atoms. The van der Waals surface area contributed by atoms with E-state index >= 15 is 0 Å². The first kappa shape index (κ1) is 22.1. The normalized spacial score (nSPS) is 18.6. The molecule has 1 aliphatic heterocycles. The van der Waals surface area contributed by atoms with Crippen molar-refractivity contribution in [1.29, 1.82) is 0 Å². The molecule has 5 rings (SSSR count). The minimum Gasteiger partial charge on any atom is -0.465 e. The highest BCUT2D eigenvalue weighted by Gasteiger charge is 2.48. The third kappa shape index (κ3) is 4.40. The van der Waals surface area contributed by atoms with E-state index < -0.39 is 12.0 Å². The van der Waals surface area contributed by atoms with E-state index in [1.807, 2.05) is 12.1 Å². The first-order valence-electron chi connectivity index (χ1n) is 11.4. The van der Waals surface area contributed by atoms with Gasteiger partial charge in [0.15, 0.2) is 5.69 Å². The van der Waals surface area contributed by atoms with Crippen molar-refractivity contribution >= 4 is 28.7 Å². The summed E-state index contributed by atoms with van der Waals surface area (Å²) in [6.45, 7) is 1.74. The number of fused-ring (bicyclic) bond motifs is 1. The first-order chi connectivity index (χ1) is 16.3. The highest BCUT2D eigenvalue weighted by atomic mass is 19.1. The van der Waals surface area contributed by atoms with Crippen LogP contribution in [0.4, 0.5) is 15.0 Å². The Labute approximate surface area is 195 Å². The summed E-state index contributed by atoms with van der Waals surface area (Å²) in [5, 5.41) is 16.3. The maximum absolute atomic E-state index is 13.4. The minimum absolute atomic E-state index is 0.0361. The molecule has 1 atom stereocenters. The highest BCUT2D eigenvalue weighted by molar-refractivity contribution is 5.90. The molecule has 3 heterocycles. The van der Waals surface area contributed by atoms with Gasteiger partial charge in [-0.15, -0.1) is 0 Å². The average Bonchev–Trinajstić information content (AvgIpc) is 3.25. The van der Waals surface area contributed by atoms with E-state index in [2.05, 4.69) is 15.4 Å². The van der Waals surface area contributed by atoms with Gasteiger partial charge in [-0.1, -0.05) is 5.16 Å². The maximum atomic E-state index is 13.4. The molecule has 1 saturated heterocycles. The predicted molar refractivity (Wildman–Crippen MR) is 122 cm³/mol.